The van der Waals surface area contributed by atoms with Crippen LogP contribution in [0.4, 0.5) is 9.93 Å². The van der Waals surface area contributed by atoms with E-state index in [2.05, 4.69) is 35.9 Å². The van der Waals surface area contributed by atoms with Crippen LogP contribution in [0.15, 0.2) is 0 Å². The lowest BCUT2D eigenvalue weighted by Gasteiger charge is -2.33. The van der Waals surface area contributed by atoms with E-state index in [4.69, 9.17) is 4.98 Å². The summed E-state index contributed by atoms with van der Waals surface area (Å²) in [5.74, 6) is 0.616. The van der Waals surface area contributed by atoms with E-state index in [0.29, 0.717) is 12.5 Å². The second-order valence-corrected chi connectivity index (χ2v) is 8.44. The number of hydrogen-bond donors (Lipinski definition) is 1. The Morgan fingerprint density at radius 3 is 2.68 bits per heavy atom. The number of rotatable bonds is 5. The second kappa shape index (κ2) is 8.36. The molecule has 3 heterocycles. The lowest BCUT2D eigenvalue weighted by atomic mass is 10.1. The number of carbonyl (C=O) groups excluding carboxylic acids is 1. The van der Waals surface area contributed by atoms with Gasteiger partial charge in [0.2, 0.25) is 0 Å². The van der Waals surface area contributed by atoms with Gasteiger partial charge in [0.05, 0.1) is 12.2 Å². The minimum atomic E-state index is 0.0674. The summed E-state index contributed by atoms with van der Waals surface area (Å²) < 4.78 is 0. The normalized spacial score (nSPS) is 18.6. The van der Waals surface area contributed by atoms with Gasteiger partial charge in [-0.25, -0.2) is 9.78 Å². The summed E-state index contributed by atoms with van der Waals surface area (Å²) in [5.41, 5.74) is 1.20. The molecule has 1 saturated heterocycles. The molecule has 0 radical (unpaired) electrons. The Hall–Kier alpha value is -1.34. The molecule has 1 N–H and O–H groups in total. The van der Waals surface area contributed by atoms with Crippen molar-refractivity contribution in [2.45, 2.75) is 40.2 Å². The largest absolute Gasteiger partial charge is 0.346 e. The number of anilines is 1. The van der Waals surface area contributed by atoms with Crippen molar-refractivity contribution in [1.29, 1.82) is 0 Å². The Morgan fingerprint density at radius 1 is 1.24 bits per heavy atom. The molecule has 0 aliphatic carbocycles. The summed E-state index contributed by atoms with van der Waals surface area (Å²) in [6.45, 7) is 14.3. The van der Waals surface area contributed by atoms with Crippen LogP contribution in [0.2, 0.25) is 0 Å². The van der Waals surface area contributed by atoms with Gasteiger partial charge in [-0.05, 0) is 18.9 Å². The number of aromatic nitrogens is 1. The first kappa shape index (κ1) is 18.5. The molecule has 25 heavy (non-hydrogen) atoms. The Kier molecular flexibility index (Phi) is 6.17. The van der Waals surface area contributed by atoms with E-state index in [1.165, 1.54) is 10.6 Å². The molecule has 0 unspecified atom stereocenters. The van der Waals surface area contributed by atoms with Crippen LogP contribution in [0.25, 0.3) is 0 Å². The van der Waals surface area contributed by atoms with Gasteiger partial charge >= 0.3 is 6.03 Å². The molecular weight excluding hydrogens is 334 g/mol. The maximum Gasteiger partial charge on any atom is 0.317 e. The molecule has 0 aromatic carbocycles. The van der Waals surface area contributed by atoms with Gasteiger partial charge in [0, 0.05) is 50.6 Å². The molecule has 7 heteroatoms. The number of hydrogen-bond acceptors (Lipinski definition) is 5. The highest BCUT2D eigenvalue weighted by Crippen LogP contribution is 2.31. The highest BCUT2D eigenvalue weighted by molar-refractivity contribution is 7.15. The van der Waals surface area contributed by atoms with Crippen molar-refractivity contribution in [1.82, 2.24) is 20.1 Å². The molecule has 1 fully saturated rings. The smallest absolute Gasteiger partial charge is 0.317 e. The van der Waals surface area contributed by atoms with Gasteiger partial charge in [0.1, 0.15) is 0 Å². The number of nitrogens with one attached hydrogen (secondary N) is 1. The van der Waals surface area contributed by atoms with Crippen molar-refractivity contribution < 1.29 is 4.79 Å². The molecule has 6 nitrogen and oxygen atoms in total. The molecule has 140 valence electrons. The van der Waals surface area contributed by atoms with Crippen LogP contribution in [0, 0.1) is 5.92 Å². The predicted molar refractivity (Wildman–Crippen MR) is 103 cm³/mol. The molecule has 1 aromatic rings. The SMILES string of the molecule is CCN1CCN(c2nc3c(s2)CN(C(=O)NCCC(C)C)CC3)CC1. The average Bonchev–Trinajstić information content (AvgIpc) is 3.04. The highest BCUT2D eigenvalue weighted by atomic mass is 32.1. The monoisotopic (exact) mass is 365 g/mol. The van der Waals surface area contributed by atoms with E-state index in [0.717, 1.165) is 63.8 Å². The molecule has 0 atom stereocenters. The van der Waals surface area contributed by atoms with E-state index in [1.54, 1.807) is 11.3 Å². The number of urea groups is 1. The minimum Gasteiger partial charge on any atom is -0.346 e. The maximum absolute atomic E-state index is 12.4. The van der Waals surface area contributed by atoms with E-state index in [-0.39, 0.29) is 6.03 Å². The van der Waals surface area contributed by atoms with Crippen molar-refractivity contribution in [3.8, 4) is 0 Å². The van der Waals surface area contributed by atoms with Gasteiger partial charge in [-0.15, -0.1) is 0 Å². The first-order valence-corrected chi connectivity index (χ1v) is 10.4. The van der Waals surface area contributed by atoms with Gasteiger partial charge in [-0.2, -0.15) is 0 Å². The number of carbonyl (C=O) groups is 1. The maximum atomic E-state index is 12.4. The Bertz CT molecular complexity index is 580. The average molecular weight is 366 g/mol. The molecule has 0 saturated carbocycles. The van der Waals surface area contributed by atoms with Gasteiger partial charge in [0.15, 0.2) is 5.13 Å². The zero-order valence-electron chi connectivity index (χ0n) is 15.8. The van der Waals surface area contributed by atoms with Crippen LogP contribution >= 0.6 is 11.3 Å². The quantitative estimate of drug-likeness (QED) is 0.871. The van der Waals surface area contributed by atoms with Crippen LogP contribution in [0.1, 0.15) is 37.8 Å². The van der Waals surface area contributed by atoms with E-state index >= 15 is 0 Å². The van der Waals surface area contributed by atoms with Crippen molar-refractivity contribution >= 4 is 22.5 Å². The molecule has 3 rings (SSSR count). The summed E-state index contributed by atoms with van der Waals surface area (Å²) in [5, 5.41) is 4.19. The number of nitrogens with zero attached hydrogens (tertiary/aromatic N) is 4. The zero-order chi connectivity index (χ0) is 17.8. The molecule has 2 aliphatic rings. The van der Waals surface area contributed by atoms with Crippen molar-refractivity contribution in [3.63, 3.8) is 0 Å². The number of likely N-dealkylation sites (N-methyl/N-ethyl adjacent to an activating group) is 1. The number of piperazine rings is 1. The Labute approximate surface area is 155 Å². The van der Waals surface area contributed by atoms with Crippen LogP contribution in [0.3, 0.4) is 0 Å². The molecule has 1 aromatic heterocycles. The van der Waals surface area contributed by atoms with E-state index < -0.39 is 0 Å². The fourth-order valence-electron chi connectivity index (χ4n) is 3.33. The van der Waals surface area contributed by atoms with Gasteiger partial charge in [0.25, 0.3) is 0 Å². The molecular formula is C18H31N5OS. The van der Waals surface area contributed by atoms with E-state index in [9.17, 15) is 4.79 Å². The van der Waals surface area contributed by atoms with Crippen molar-refractivity contribution in [3.05, 3.63) is 10.6 Å². The molecule has 2 amide bonds. The third-order valence-electron chi connectivity index (χ3n) is 5.10. The fourth-order valence-corrected chi connectivity index (χ4v) is 4.50. The number of amides is 2. The van der Waals surface area contributed by atoms with Crippen LogP contribution in [-0.4, -0.2) is 66.6 Å². The highest BCUT2D eigenvalue weighted by Gasteiger charge is 2.26. The predicted octanol–water partition coefficient (Wildman–Crippen LogP) is 2.40. The topological polar surface area (TPSA) is 51.7 Å². The molecule has 0 bridgehead atoms. The Balaban J connectivity index is 1.55. The van der Waals surface area contributed by atoms with Crippen molar-refractivity contribution in [2.24, 2.45) is 5.92 Å². The Morgan fingerprint density at radius 2 is 2.00 bits per heavy atom. The minimum absolute atomic E-state index is 0.0674. The van der Waals surface area contributed by atoms with Gasteiger partial charge in [-0.1, -0.05) is 32.1 Å². The van der Waals surface area contributed by atoms with Gasteiger partial charge in [-0.3, -0.25) is 0 Å². The van der Waals surface area contributed by atoms with Crippen LogP contribution < -0.4 is 10.2 Å². The van der Waals surface area contributed by atoms with Crippen LogP contribution in [-0.2, 0) is 13.0 Å². The number of thiazole rings is 1. The van der Waals surface area contributed by atoms with Gasteiger partial charge < -0.3 is 20.0 Å². The standard InChI is InChI=1S/C18H31N5OS/c1-4-21-9-11-22(12-10-21)18-20-15-6-8-23(13-16(15)25-18)17(24)19-7-5-14(2)3/h14H,4-13H2,1-3H3,(H,19,24). The zero-order valence-corrected chi connectivity index (χ0v) is 16.6. The summed E-state index contributed by atoms with van der Waals surface area (Å²) in [4.78, 5) is 25.3. The third-order valence-corrected chi connectivity index (χ3v) is 6.24. The molecule has 0 spiro atoms. The summed E-state index contributed by atoms with van der Waals surface area (Å²) >= 11 is 1.78. The number of fused-ring (bicyclic) bond motifs is 1. The van der Waals surface area contributed by atoms with Crippen LogP contribution in [0.5, 0.6) is 0 Å². The first-order chi connectivity index (χ1) is 12.1. The molecule has 2 aliphatic heterocycles. The summed E-state index contributed by atoms with van der Waals surface area (Å²) in [6.07, 6.45) is 1.90. The fraction of sp³-hybridized carbons (Fsp3) is 0.778. The summed E-state index contributed by atoms with van der Waals surface area (Å²) in [6, 6.07) is 0.0674. The first-order valence-electron chi connectivity index (χ1n) is 9.55. The lowest BCUT2D eigenvalue weighted by molar-refractivity contribution is 0.192. The third kappa shape index (κ3) is 4.64. The van der Waals surface area contributed by atoms with E-state index in [1.807, 2.05) is 4.90 Å². The van der Waals surface area contributed by atoms with Crippen molar-refractivity contribution in [2.75, 3.05) is 50.7 Å². The summed E-state index contributed by atoms with van der Waals surface area (Å²) in [7, 11) is 0. The second-order valence-electron chi connectivity index (χ2n) is 7.37. The lowest BCUT2D eigenvalue weighted by Crippen LogP contribution is -2.46.